The third-order valence-electron chi connectivity index (χ3n) is 4.75. The molecule has 1 N–H and O–H groups in total. The summed E-state index contributed by atoms with van der Waals surface area (Å²) in [6, 6.07) is 0.397. The van der Waals surface area contributed by atoms with Gasteiger partial charge in [-0.1, -0.05) is 0 Å². The number of hydrogen-bond donors (Lipinski definition) is 1. The van der Waals surface area contributed by atoms with E-state index in [9.17, 15) is 9.59 Å². The molecular weight excluding hydrogens is 310 g/mol. The van der Waals surface area contributed by atoms with Gasteiger partial charge in [-0.2, -0.15) is 0 Å². The Morgan fingerprint density at radius 2 is 2.21 bits per heavy atom. The molecule has 0 aliphatic carbocycles. The number of ether oxygens (including phenoxy) is 1. The third-order valence-corrected chi connectivity index (χ3v) is 4.75. The monoisotopic (exact) mass is 335 g/mol. The van der Waals surface area contributed by atoms with Crippen LogP contribution < -0.4 is 5.32 Å². The summed E-state index contributed by atoms with van der Waals surface area (Å²) in [5.41, 5.74) is 0. The Hall–Kier alpha value is -1.93. The van der Waals surface area contributed by atoms with Crippen molar-refractivity contribution in [1.29, 1.82) is 0 Å². The number of imidazole rings is 1. The van der Waals surface area contributed by atoms with Crippen LogP contribution in [0.5, 0.6) is 0 Å². The summed E-state index contributed by atoms with van der Waals surface area (Å²) in [4.78, 5) is 32.1. The fourth-order valence-corrected chi connectivity index (χ4v) is 3.38. The van der Waals surface area contributed by atoms with Crippen LogP contribution in [-0.4, -0.2) is 83.1 Å². The van der Waals surface area contributed by atoms with Crippen LogP contribution in [0.4, 0.5) is 0 Å². The number of aryl methyl sites for hydroxylation is 1. The highest BCUT2D eigenvalue weighted by molar-refractivity contribution is 5.91. The molecule has 0 unspecified atom stereocenters. The van der Waals surface area contributed by atoms with Gasteiger partial charge in [-0.15, -0.1) is 0 Å². The fraction of sp³-hybridized carbons (Fsp3) is 0.688. The lowest BCUT2D eigenvalue weighted by atomic mass is 10.1. The first-order valence-corrected chi connectivity index (χ1v) is 8.28. The molecule has 24 heavy (non-hydrogen) atoms. The second-order valence-corrected chi connectivity index (χ2v) is 6.82. The molecule has 2 fully saturated rings. The van der Waals surface area contributed by atoms with Crippen LogP contribution in [0.25, 0.3) is 0 Å². The normalized spacial score (nSPS) is 26.9. The number of carbonyl (C=O) groups is 2. The number of carbonyl (C=O) groups excluding carboxylic acids is 2. The van der Waals surface area contributed by atoms with E-state index in [0.717, 1.165) is 19.5 Å². The zero-order valence-corrected chi connectivity index (χ0v) is 14.4. The molecule has 2 saturated heterocycles. The Bertz CT molecular complexity index is 615. The fourth-order valence-electron chi connectivity index (χ4n) is 3.38. The van der Waals surface area contributed by atoms with Crippen molar-refractivity contribution in [2.75, 3.05) is 33.8 Å². The molecule has 0 aromatic carbocycles. The van der Waals surface area contributed by atoms with E-state index >= 15 is 0 Å². The molecule has 0 bridgehead atoms. The highest BCUT2D eigenvalue weighted by Gasteiger charge is 2.38. The van der Waals surface area contributed by atoms with E-state index < -0.39 is 0 Å². The topological polar surface area (TPSA) is 79.7 Å². The Morgan fingerprint density at radius 1 is 1.42 bits per heavy atom. The maximum absolute atomic E-state index is 12.3. The minimum Gasteiger partial charge on any atom is -0.375 e. The molecule has 1 aromatic heterocycles. The highest BCUT2D eigenvalue weighted by atomic mass is 16.5. The predicted molar refractivity (Wildman–Crippen MR) is 87.5 cm³/mol. The summed E-state index contributed by atoms with van der Waals surface area (Å²) >= 11 is 0. The molecule has 0 spiro atoms. The van der Waals surface area contributed by atoms with Gasteiger partial charge in [0, 0.05) is 58.7 Å². The maximum atomic E-state index is 12.3. The highest BCUT2D eigenvalue weighted by Crippen LogP contribution is 2.24. The molecule has 8 nitrogen and oxygen atoms in total. The van der Waals surface area contributed by atoms with Gasteiger partial charge in [-0.25, -0.2) is 4.98 Å². The summed E-state index contributed by atoms with van der Waals surface area (Å²) in [7, 11) is 5.32. The van der Waals surface area contributed by atoms with Crippen molar-refractivity contribution in [1.82, 2.24) is 24.7 Å². The van der Waals surface area contributed by atoms with Crippen molar-refractivity contribution in [2.24, 2.45) is 7.05 Å². The third kappa shape index (κ3) is 3.59. The zero-order valence-electron chi connectivity index (χ0n) is 14.4. The molecule has 2 aliphatic rings. The largest absolute Gasteiger partial charge is 0.375 e. The van der Waals surface area contributed by atoms with Gasteiger partial charge in [0.1, 0.15) is 0 Å². The number of aromatic nitrogens is 2. The molecule has 2 aliphatic heterocycles. The van der Waals surface area contributed by atoms with E-state index in [0.29, 0.717) is 24.9 Å². The average molecular weight is 335 g/mol. The van der Waals surface area contributed by atoms with Crippen molar-refractivity contribution < 1.29 is 14.3 Å². The van der Waals surface area contributed by atoms with Crippen LogP contribution in [-0.2, 0) is 16.6 Å². The van der Waals surface area contributed by atoms with Crippen molar-refractivity contribution in [3.05, 3.63) is 18.2 Å². The second-order valence-electron chi connectivity index (χ2n) is 6.82. The van der Waals surface area contributed by atoms with Crippen molar-refractivity contribution in [3.63, 3.8) is 0 Å². The van der Waals surface area contributed by atoms with E-state index in [1.165, 1.54) is 0 Å². The number of hydrogen-bond acceptors (Lipinski definition) is 5. The smallest absolute Gasteiger partial charge is 0.287 e. The van der Waals surface area contributed by atoms with Gasteiger partial charge in [0.25, 0.3) is 5.91 Å². The SMILES string of the molecule is CN(C)C(=O)C[C@H]1CN2C[C@H](NC(=O)c3nccn3C)C[C@H]2CO1. The molecule has 0 radical (unpaired) electrons. The van der Waals surface area contributed by atoms with Crippen LogP contribution >= 0.6 is 0 Å². The molecule has 2 amide bonds. The lowest BCUT2D eigenvalue weighted by molar-refractivity contribution is -0.134. The summed E-state index contributed by atoms with van der Waals surface area (Å²) in [6.45, 7) is 2.13. The number of fused-ring (bicyclic) bond motifs is 1. The Balaban J connectivity index is 1.52. The van der Waals surface area contributed by atoms with E-state index in [1.54, 1.807) is 43.0 Å². The van der Waals surface area contributed by atoms with Gasteiger partial charge in [0.05, 0.1) is 19.1 Å². The van der Waals surface area contributed by atoms with E-state index in [1.807, 2.05) is 0 Å². The van der Waals surface area contributed by atoms with Crippen LogP contribution in [0.1, 0.15) is 23.5 Å². The Morgan fingerprint density at radius 3 is 2.88 bits per heavy atom. The zero-order chi connectivity index (χ0) is 17.3. The van der Waals surface area contributed by atoms with Gasteiger partial charge in [0.2, 0.25) is 5.91 Å². The van der Waals surface area contributed by atoms with E-state index in [2.05, 4.69) is 15.2 Å². The molecule has 1 aromatic rings. The Kier molecular flexibility index (Phi) is 4.86. The van der Waals surface area contributed by atoms with Crippen LogP contribution in [0, 0.1) is 0 Å². The standard InChI is InChI=1S/C16H25N5O3/c1-19(2)14(22)7-13-9-21-8-11(6-12(21)10-24-13)18-16(23)15-17-4-5-20(15)3/h4-5,11-13H,6-10H2,1-3H3,(H,18,23)/t11-,12+,13+/m1/s1. The average Bonchev–Trinajstić information content (AvgIpc) is 3.12. The van der Waals surface area contributed by atoms with Gasteiger partial charge < -0.3 is 19.5 Å². The Labute approximate surface area is 141 Å². The summed E-state index contributed by atoms with van der Waals surface area (Å²) < 4.78 is 7.55. The number of nitrogens with one attached hydrogen (secondary N) is 1. The predicted octanol–water partition coefficient (Wildman–Crippen LogP) is -0.530. The van der Waals surface area contributed by atoms with Crippen molar-refractivity contribution in [2.45, 2.75) is 31.0 Å². The first kappa shape index (κ1) is 16.9. The van der Waals surface area contributed by atoms with Crippen LogP contribution in [0.2, 0.25) is 0 Å². The molecule has 3 heterocycles. The van der Waals surface area contributed by atoms with Gasteiger partial charge in [0.15, 0.2) is 5.82 Å². The summed E-state index contributed by atoms with van der Waals surface area (Å²) in [5.74, 6) is 0.357. The summed E-state index contributed by atoms with van der Waals surface area (Å²) in [5, 5.41) is 3.06. The van der Waals surface area contributed by atoms with Gasteiger partial charge in [-0.3, -0.25) is 14.5 Å². The molecule has 132 valence electrons. The molecule has 3 rings (SSSR count). The maximum Gasteiger partial charge on any atom is 0.287 e. The lowest BCUT2D eigenvalue weighted by Gasteiger charge is -2.35. The van der Waals surface area contributed by atoms with Crippen molar-refractivity contribution >= 4 is 11.8 Å². The molecular formula is C16H25N5O3. The summed E-state index contributed by atoms with van der Waals surface area (Å²) in [6.07, 6.45) is 4.57. The van der Waals surface area contributed by atoms with Crippen molar-refractivity contribution in [3.8, 4) is 0 Å². The molecule has 0 saturated carbocycles. The van der Waals surface area contributed by atoms with Gasteiger partial charge in [-0.05, 0) is 6.42 Å². The minimum atomic E-state index is -0.146. The van der Waals surface area contributed by atoms with E-state index in [4.69, 9.17) is 4.74 Å². The first-order valence-electron chi connectivity index (χ1n) is 8.28. The number of morpholine rings is 1. The second kappa shape index (κ2) is 6.90. The van der Waals surface area contributed by atoms with Crippen LogP contribution in [0.15, 0.2) is 12.4 Å². The molecule has 8 heteroatoms. The number of rotatable bonds is 4. The number of amides is 2. The lowest BCUT2D eigenvalue weighted by Crippen LogP contribution is -2.47. The van der Waals surface area contributed by atoms with E-state index in [-0.39, 0.29) is 24.0 Å². The van der Waals surface area contributed by atoms with Crippen LogP contribution in [0.3, 0.4) is 0 Å². The first-order chi connectivity index (χ1) is 11.4. The van der Waals surface area contributed by atoms with Gasteiger partial charge >= 0.3 is 0 Å². The number of nitrogens with zero attached hydrogens (tertiary/aromatic N) is 4. The molecule has 3 atom stereocenters. The quantitative estimate of drug-likeness (QED) is 0.800. The minimum absolute atomic E-state index is 0.0693.